The van der Waals surface area contributed by atoms with Crippen LogP contribution in [0.5, 0.6) is 0 Å². The lowest BCUT2D eigenvalue weighted by atomic mass is 10.2. The van der Waals surface area contributed by atoms with E-state index < -0.39 is 10.1 Å². The summed E-state index contributed by atoms with van der Waals surface area (Å²) in [5.74, 6) is -0.132. The molecular formula is C23H26N6O3S2. The number of hydroxylamine groups is 1. The fourth-order valence-electron chi connectivity index (χ4n) is 2.82. The maximum Gasteiger partial charge on any atom is 0.317 e. The Balaban J connectivity index is 1.68. The number of benzene rings is 3. The number of nitrogens with one attached hydrogen (secondary N) is 1. The van der Waals surface area contributed by atoms with E-state index in [-0.39, 0.29) is 23.4 Å². The van der Waals surface area contributed by atoms with Gasteiger partial charge in [0, 0.05) is 9.79 Å². The molecule has 178 valence electrons. The Morgan fingerprint density at radius 1 is 0.853 bits per heavy atom. The van der Waals surface area contributed by atoms with Crippen LogP contribution in [0.3, 0.4) is 0 Å². The van der Waals surface area contributed by atoms with Crippen molar-refractivity contribution in [1.29, 1.82) is 0 Å². The van der Waals surface area contributed by atoms with E-state index in [1.165, 1.54) is 12.1 Å². The third-order valence-corrected chi connectivity index (χ3v) is 6.97. The minimum absolute atomic E-state index is 0.0135. The second-order valence-corrected chi connectivity index (χ2v) is 9.84. The van der Waals surface area contributed by atoms with Crippen molar-refractivity contribution in [1.82, 2.24) is 5.48 Å². The normalized spacial score (nSPS) is 11.7. The molecule has 0 saturated carbocycles. The van der Waals surface area contributed by atoms with Crippen LogP contribution < -0.4 is 22.7 Å². The number of hydrogen-bond donors (Lipinski definition) is 4. The zero-order chi connectivity index (χ0) is 24.6. The van der Waals surface area contributed by atoms with Crippen molar-refractivity contribution in [2.75, 3.05) is 0 Å². The van der Waals surface area contributed by atoms with E-state index >= 15 is 0 Å². The number of guanidine groups is 2. The topological polar surface area (TPSA) is 158 Å². The first-order valence-electron chi connectivity index (χ1n) is 10.2. The number of aliphatic imine (C=N–C) groups is 2. The van der Waals surface area contributed by atoms with Gasteiger partial charge in [0.2, 0.25) is 5.96 Å². The predicted octanol–water partition coefficient (Wildman–Crippen LogP) is 2.64. The van der Waals surface area contributed by atoms with Crippen molar-refractivity contribution in [3.05, 3.63) is 89.5 Å². The van der Waals surface area contributed by atoms with Crippen molar-refractivity contribution >= 4 is 33.8 Å². The van der Waals surface area contributed by atoms with Crippen LogP contribution >= 0.6 is 11.8 Å². The molecule has 0 spiro atoms. The van der Waals surface area contributed by atoms with Crippen LogP contribution in [0.2, 0.25) is 0 Å². The maximum absolute atomic E-state index is 12.3. The molecule has 0 heterocycles. The van der Waals surface area contributed by atoms with Gasteiger partial charge in [-0.2, -0.15) is 8.42 Å². The van der Waals surface area contributed by atoms with Gasteiger partial charge in [-0.15, -0.1) is 4.28 Å². The lowest BCUT2D eigenvalue weighted by Crippen LogP contribution is -2.33. The molecule has 0 atom stereocenters. The summed E-state index contributed by atoms with van der Waals surface area (Å²) in [6.45, 7) is 2.44. The van der Waals surface area contributed by atoms with Crippen LogP contribution in [0.1, 0.15) is 16.7 Å². The quantitative estimate of drug-likeness (QED) is 0.199. The van der Waals surface area contributed by atoms with E-state index in [0.717, 1.165) is 26.5 Å². The first-order valence-corrected chi connectivity index (χ1v) is 12.4. The van der Waals surface area contributed by atoms with E-state index in [2.05, 4.69) is 15.5 Å². The Morgan fingerprint density at radius 2 is 1.38 bits per heavy atom. The molecule has 0 unspecified atom stereocenters. The van der Waals surface area contributed by atoms with Gasteiger partial charge in [0.1, 0.15) is 0 Å². The zero-order valence-corrected chi connectivity index (χ0v) is 20.1. The summed E-state index contributed by atoms with van der Waals surface area (Å²) in [6, 6.07) is 21.8. The molecule has 3 rings (SSSR count). The van der Waals surface area contributed by atoms with Gasteiger partial charge >= 0.3 is 10.1 Å². The van der Waals surface area contributed by atoms with Gasteiger partial charge in [-0.1, -0.05) is 65.9 Å². The number of hydrogen-bond acceptors (Lipinski definition) is 6. The van der Waals surface area contributed by atoms with E-state index in [9.17, 15) is 8.42 Å². The highest BCUT2D eigenvalue weighted by atomic mass is 32.2. The lowest BCUT2D eigenvalue weighted by molar-refractivity contribution is 0.265. The van der Waals surface area contributed by atoms with E-state index in [1.807, 2.05) is 55.5 Å². The Kier molecular flexibility index (Phi) is 8.52. The average Bonchev–Trinajstić information content (AvgIpc) is 2.82. The van der Waals surface area contributed by atoms with E-state index in [0.29, 0.717) is 6.54 Å². The van der Waals surface area contributed by atoms with Gasteiger partial charge in [-0.25, -0.2) is 15.5 Å². The standard InChI is InChI=1S/C23H26N6O3S2/c1-16-10-12-19(13-11-16)34(30,31)32-29-23(26)28-15-18-7-3-5-9-21(18)33-20-8-4-2-6-17(20)14-27-22(24)25/h2-13H,14-15H2,1H3,(H4,24,25,27)(H3,26,28,29). The van der Waals surface area contributed by atoms with Gasteiger partial charge in [0.15, 0.2) is 5.96 Å². The number of nitrogens with two attached hydrogens (primary N) is 3. The van der Waals surface area contributed by atoms with Crippen molar-refractivity contribution in [3.63, 3.8) is 0 Å². The first-order chi connectivity index (χ1) is 16.2. The Morgan fingerprint density at radius 3 is 1.94 bits per heavy atom. The molecule has 0 radical (unpaired) electrons. The molecule has 7 N–H and O–H groups in total. The molecule has 0 aromatic heterocycles. The lowest BCUT2D eigenvalue weighted by Gasteiger charge is -2.11. The molecule has 0 saturated heterocycles. The fourth-order valence-corrected chi connectivity index (χ4v) is 4.63. The van der Waals surface area contributed by atoms with E-state index in [1.54, 1.807) is 23.9 Å². The Bertz CT molecular complexity index is 1290. The number of nitrogens with zero attached hydrogens (tertiary/aromatic N) is 2. The molecule has 3 aromatic rings. The van der Waals surface area contributed by atoms with Gasteiger partial charge in [0.25, 0.3) is 0 Å². The molecule has 0 bridgehead atoms. The van der Waals surface area contributed by atoms with Crippen molar-refractivity contribution < 1.29 is 12.7 Å². The smallest absolute Gasteiger partial charge is 0.317 e. The Hall–Kier alpha value is -3.54. The first kappa shape index (κ1) is 25.1. The summed E-state index contributed by atoms with van der Waals surface area (Å²) in [4.78, 5) is 10.3. The molecule has 0 fully saturated rings. The largest absolute Gasteiger partial charge is 0.370 e. The fraction of sp³-hybridized carbons (Fsp3) is 0.130. The summed E-state index contributed by atoms with van der Waals surface area (Å²) < 4.78 is 29.4. The van der Waals surface area contributed by atoms with Gasteiger partial charge in [-0.3, -0.25) is 0 Å². The molecule has 0 aliphatic heterocycles. The molecule has 0 aliphatic rings. The second-order valence-electron chi connectivity index (χ2n) is 7.21. The molecular weight excluding hydrogens is 472 g/mol. The highest BCUT2D eigenvalue weighted by Gasteiger charge is 2.16. The highest BCUT2D eigenvalue weighted by Crippen LogP contribution is 2.33. The minimum Gasteiger partial charge on any atom is -0.370 e. The maximum atomic E-state index is 12.3. The summed E-state index contributed by atoms with van der Waals surface area (Å²) in [5, 5.41) is 0. The van der Waals surface area contributed by atoms with Crippen LogP contribution in [-0.4, -0.2) is 20.3 Å². The van der Waals surface area contributed by atoms with Crippen molar-refractivity contribution in [3.8, 4) is 0 Å². The third-order valence-electron chi connectivity index (χ3n) is 4.58. The molecule has 9 nitrogen and oxygen atoms in total. The van der Waals surface area contributed by atoms with E-state index in [4.69, 9.17) is 21.5 Å². The molecule has 3 aromatic carbocycles. The molecule has 0 amide bonds. The Labute approximate surface area is 203 Å². The predicted molar refractivity (Wildman–Crippen MR) is 134 cm³/mol. The monoisotopic (exact) mass is 498 g/mol. The number of rotatable bonds is 9. The molecule has 0 aliphatic carbocycles. The summed E-state index contributed by atoms with van der Waals surface area (Å²) in [7, 11) is -4.02. The van der Waals surface area contributed by atoms with Crippen LogP contribution in [0, 0.1) is 6.92 Å². The summed E-state index contributed by atoms with van der Waals surface area (Å²) in [6.07, 6.45) is 0. The molecule has 11 heteroatoms. The van der Waals surface area contributed by atoms with Crippen molar-refractivity contribution in [2.45, 2.75) is 34.7 Å². The average molecular weight is 499 g/mol. The summed E-state index contributed by atoms with van der Waals surface area (Å²) >= 11 is 1.55. The van der Waals surface area contributed by atoms with Gasteiger partial charge in [0.05, 0.1) is 18.0 Å². The SMILES string of the molecule is Cc1ccc(S(=O)(=O)ONC(N)=NCc2ccccc2Sc2ccccc2CN=C(N)N)cc1. The van der Waals surface area contributed by atoms with Crippen LogP contribution in [-0.2, 0) is 27.5 Å². The van der Waals surface area contributed by atoms with Gasteiger partial charge in [-0.05, 0) is 42.3 Å². The minimum atomic E-state index is -4.02. The summed E-state index contributed by atoms with van der Waals surface area (Å²) in [5.41, 5.74) is 21.8. The number of aryl methyl sites for hydroxylation is 1. The van der Waals surface area contributed by atoms with Crippen LogP contribution in [0.4, 0.5) is 0 Å². The van der Waals surface area contributed by atoms with Crippen molar-refractivity contribution in [2.24, 2.45) is 27.2 Å². The highest BCUT2D eigenvalue weighted by molar-refractivity contribution is 7.99. The van der Waals surface area contributed by atoms with Gasteiger partial charge < -0.3 is 17.2 Å². The van der Waals surface area contributed by atoms with Crippen LogP contribution in [0.15, 0.2) is 97.5 Å². The second kappa shape index (κ2) is 11.5. The zero-order valence-electron chi connectivity index (χ0n) is 18.5. The van der Waals surface area contributed by atoms with Crippen LogP contribution in [0.25, 0.3) is 0 Å². The molecule has 34 heavy (non-hydrogen) atoms. The third kappa shape index (κ3) is 7.24.